The Hall–Kier alpha value is -3.58. The van der Waals surface area contributed by atoms with E-state index >= 15 is 0 Å². The molecule has 0 atom stereocenters. The Morgan fingerprint density at radius 1 is 0.867 bits per heavy atom. The second-order valence-corrected chi connectivity index (χ2v) is 7.60. The van der Waals surface area contributed by atoms with Gasteiger partial charge in [0.05, 0.1) is 5.69 Å². The van der Waals surface area contributed by atoms with Crippen molar-refractivity contribution in [3.8, 4) is 22.8 Å². The molecule has 0 radical (unpaired) electrons. The highest BCUT2D eigenvalue weighted by Gasteiger charge is 2.19. The highest BCUT2D eigenvalue weighted by molar-refractivity contribution is 9.10. The molecule has 7 heteroatoms. The van der Waals surface area contributed by atoms with Crippen LogP contribution in [0.2, 0.25) is 0 Å². The number of aromatic nitrogens is 4. The highest BCUT2D eigenvalue weighted by Crippen LogP contribution is 2.24. The molecule has 2 aromatic heterocycles. The van der Waals surface area contributed by atoms with Crippen LogP contribution in [0.1, 0.15) is 0 Å². The number of fused-ring (bicyclic) bond motifs is 1. The van der Waals surface area contributed by atoms with Crippen LogP contribution in [0.4, 0.5) is 4.39 Å². The fraction of sp³-hybridized carbons (Fsp3) is 0. The monoisotopic (exact) mass is 460 g/mol. The molecular formula is C23H14BrFN4O. The van der Waals surface area contributed by atoms with Crippen LogP contribution in [0, 0.1) is 5.82 Å². The van der Waals surface area contributed by atoms with Crippen molar-refractivity contribution in [1.82, 2.24) is 19.1 Å². The van der Waals surface area contributed by atoms with Crippen molar-refractivity contribution in [3.05, 3.63) is 106 Å². The maximum absolute atomic E-state index is 14.0. The molecule has 0 bridgehead atoms. The van der Waals surface area contributed by atoms with Crippen molar-refractivity contribution in [2.45, 2.75) is 0 Å². The molecule has 0 saturated heterocycles. The Labute approximate surface area is 179 Å². The number of nitrogens with zero attached hydrogens (tertiary/aromatic N) is 4. The summed E-state index contributed by atoms with van der Waals surface area (Å²) in [5.41, 5.74) is 2.28. The van der Waals surface area contributed by atoms with Gasteiger partial charge in [-0.3, -0.25) is 13.9 Å². The maximum Gasteiger partial charge on any atom is 0.286 e. The van der Waals surface area contributed by atoms with Gasteiger partial charge in [-0.1, -0.05) is 46.3 Å². The minimum atomic E-state index is -0.402. The molecule has 3 aromatic carbocycles. The molecule has 0 N–H and O–H groups in total. The molecule has 5 nitrogen and oxygen atoms in total. The maximum atomic E-state index is 14.0. The molecule has 0 fully saturated rings. The molecular weight excluding hydrogens is 447 g/mol. The van der Waals surface area contributed by atoms with E-state index in [1.807, 2.05) is 42.5 Å². The number of hydrogen-bond acceptors (Lipinski definition) is 3. The second-order valence-electron chi connectivity index (χ2n) is 6.69. The predicted molar refractivity (Wildman–Crippen MR) is 118 cm³/mol. The largest absolute Gasteiger partial charge is 0.286 e. The van der Waals surface area contributed by atoms with E-state index in [2.05, 4.69) is 20.9 Å². The van der Waals surface area contributed by atoms with E-state index in [0.717, 1.165) is 10.2 Å². The van der Waals surface area contributed by atoms with E-state index in [1.165, 1.54) is 16.7 Å². The normalized spacial score (nSPS) is 11.1. The van der Waals surface area contributed by atoms with E-state index in [1.54, 1.807) is 35.2 Å². The fourth-order valence-electron chi connectivity index (χ4n) is 3.38. The molecule has 0 amide bonds. The third kappa shape index (κ3) is 3.13. The first kappa shape index (κ1) is 18.4. The van der Waals surface area contributed by atoms with Gasteiger partial charge in [0.2, 0.25) is 0 Å². The van der Waals surface area contributed by atoms with Gasteiger partial charge in [0.25, 0.3) is 5.56 Å². The first-order valence-corrected chi connectivity index (χ1v) is 9.98. The standard InChI is InChI=1S/C23H14BrFN4O/c24-16-9-11-19(12-10-16)29-21(15-5-4-6-17(25)13-15)27-22-20(23(29)30)26-14-28(22)18-7-2-1-3-8-18/h1-14H. The van der Waals surface area contributed by atoms with E-state index in [4.69, 9.17) is 4.98 Å². The average molecular weight is 461 g/mol. The minimum absolute atomic E-state index is 0.238. The van der Waals surface area contributed by atoms with Gasteiger partial charge in [-0.15, -0.1) is 0 Å². The molecule has 0 saturated carbocycles. The Kier molecular flexibility index (Phi) is 4.52. The summed E-state index contributed by atoms with van der Waals surface area (Å²) < 4.78 is 18.1. The van der Waals surface area contributed by atoms with Gasteiger partial charge in [0.15, 0.2) is 11.2 Å². The molecule has 2 heterocycles. The lowest BCUT2D eigenvalue weighted by Crippen LogP contribution is -2.22. The molecule has 0 aliphatic rings. The number of para-hydroxylation sites is 1. The molecule has 5 aromatic rings. The van der Waals surface area contributed by atoms with E-state index in [-0.39, 0.29) is 11.1 Å². The third-order valence-corrected chi connectivity index (χ3v) is 5.30. The smallest absolute Gasteiger partial charge is 0.283 e. The lowest BCUT2D eigenvalue weighted by molar-refractivity contribution is 0.628. The fourth-order valence-corrected chi connectivity index (χ4v) is 3.64. The second kappa shape index (κ2) is 7.35. The zero-order valence-corrected chi connectivity index (χ0v) is 17.1. The van der Waals surface area contributed by atoms with Crippen LogP contribution in [-0.4, -0.2) is 19.1 Å². The average Bonchev–Trinajstić information content (AvgIpc) is 3.20. The quantitative estimate of drug-likeness (QED) is 0.374. The molecule has 0 spiro atoms. The van der Waals surface area contributed by atoms with Crippen LogP contribution in [-0.2, 0) is 0 Å². The summed E-state index contributed by atoms with van der Waals surface area (Å²) in [6.45, 7) is 0. The molecule has 0 aliphatic heterocycles. The summed E-state index contributed by atoms with van der Waals surface area (Å²) in [5.74, 6) is -0.0622. The van der Waals surface area contributed by atoms with Gasteiger partial charge in [0, 0.05) is 15.7 Å². The number of halogens is 2. The predicted octanol–water partition coefficient (Wildman–Crippen LogP) is 5.14. The summed E-state index contributed by atoms with van der Waals surface area (Å²) in [7, 11) is 0. The highest BCUT2D eigenvalue weighted by atomic mass is 79.9. The van der Waals surface area contributed by atoms with Crippen LogP contribution >= 0.6 is 15.9 Å². The molecule has 0 aliphatic carbocycles. The van der Waals surface area contributed by atoms with E-state index < -0.39 is 5.82 Å². The minimum Gasteiger partial charge on any atom is -0.283 e. The Balaban J connectivity index is 1.86. The first-order chi connectivity index (χ1) is 14.6. The molecule has 0 unspecified atom stereocenters. The van der Waals surface area contributed by atoms with Crippen molar-refractivity contribution in [3.63, 3.8) is 0 Å². The number of imidazole rings is 1. The molecule has 146 valence electrons. The summed E-state index contributed by atoms with van der Waals surface area (Å²) in [5, 5.41) is 0. The van der Waals surface area contributed by atoms with Crippen LogP contribution in [0.5, 0.6) is 0 Å². The van der Waals surface area contributed by atoms with Crippen molar-refractivity contribution < 1.29 is 4.39 Å². The zero-order valence-electron chi connectivity index (χ0n) is 15.5. The SMILES string of the molecule is O=c1c2ncn(-c3ccccc3)c2nc(-c2cccc(F)c2)n1-c1ccc(Br)cc1. The molecule has 5 rings (SSSR count). The summed E-state index contributed by atoms with van der Waals surface area (Å²) in [6.07, 6.45) is 1.58. The van der Waals surface area contributed by atoms with Crippen molar-refractivity contribution in [2.24, 2.45) is 0 Å². The van der Waals surface area contributed by atoms with Gasteiger partial charge >= 0.3 is 0 Å². The van der Waals surface area contributed by atoms with Gasteiger partial charge in [-0.25, -0.2) is 14.4 Å². The van der Waals surface area contributed by atoms with Gasteiger partial charge in [-0.05, 0) is 48.5 Å². The topological polar surface area (TPSA) is 52.7 Å². The Morgan fingerprint density at radius 2 is 1.63 bits per heavy atom. The number of benzene rings is 3. The van der Waals surface area contributed by atoms with Crippen molar-refractivity contribution in [2.75, 3.05) is 0 Å². The summed E-state index contributed by atoms with van der Waals surface area (Å²) in [4.78, 5) is 22.6. The van der Waals surface area contributed by atoms with Crippen LogP contribution in [0.15, 0.2) is 94.5 Å². The Morgan fingerprint density at radius 3 is 2.37 bits per heavy atom. The summed E-state index contributed by atoms with van der Waals surface area (Å²) in [6, 6.07) is 22.9. The van der Waals surface area contributed by atoms with Crippen molar-refractivity contribution in [1.29, 1.82) is 0 Å². The summed E-state index contributed by atoms with van der Waals surface area (Å²) >= 11 is 3.41. The van der Waals surface area contributed by atoms with Gasteiger partial charge in [-0.2, -0.15) is 0 Å². The van der Waals surface area contributed by atoms with Crippen LogP contribution < -0.4 is 5.56 Å². The number of hydrogen-bond donors (Lipinski definition) is 0. The lowest BCUT2D eigenvalue weighted by Gasteiger charge is -2.13. The van der Waals surface area contributed by atoms with Gasteiger partial charge in [0.1, 0.15) is 18.0 Å². The third-order valence-electron chi connectivity index (χ3n) is 4.77. The first-order valence-electron chi connectivity index (χ1n) is 9.19. The van der Waals surface area contributed by atoms with Gasteiger partial charge < -0.3 is 0 Å². The van der Waals surface area contributed by atoms with Crippen LogP contribution in [0.3, 0.4) is 0 Å². The number of rotatable bonds is 3. The zero-order chi connectivity index (χ0) is 20.7. The molecule has 30 heavy (non-hydrogen) atoms. The van der Waals surface area contributed by atoms with E-state index in [0.29, 0.717) is 22.7 Å². The lowest BCUT2D eigenvalue weighted by atomic mass is 10.2. The Bertz CT molecular complexity index is 1430. The van der Waals surface area contributed by atoms with Crippen LogP contribution in [0.25, 0.3) is 33.9 Å². The van der Waals surface area contributed by atoms with E-state index in [9.17, 15) is 9.18 Å². The van der Waals surface area contributed by atoms with Crippen molar-refractivity contribution >= 4 is 27.1 Å².